The fourth-order valence-electron chi connectivity index (χ4n) is 10.0. The van der Waals surface area contributed by atoms with Crippen molar-refractivity contribution in [2.45, 2.75) is 203 Å². The van der Waals surface area contributed by atoms with Crippen molar-refractivity contribution in [2.75, 3.05) is 55.9 Å². The van der Waals surface area contributed by atoms with E-state index in [9.17, 15) is 62.6 Å². The lowest BCUT2D eigenvalue weighted by Gasteiger charge is -2.36. The summed E-state index contributed by atoms with van der Waals surface area (Å²) in [5, 5.41) is 22.6. The van der Waals surface area contributed by atoms with Crippen molar-refractivity contribution in [3.05, 3.63) is 35.4 Å². The van der Waals surface area contributed by atoms with Gasteiger partial charge in [0, 0.05) is 55.8 Å². The molecule has 0 aliphatic carbocycles. The van der Waals surface area contributed by atoms with Gasteiger partial charge in [-0.15, -0.1) is 0 Å². The smallest absolute Gasteiger partial charge is 0.335 e. The van der Waals surface area contributed by atoms with Crippen LogP contribution in [-0.4, -0.2) is 210 Å². The number of nitrogens with one attached hydrogen (secondary N) is 5. The number of carbonyl (C=O) groups excluding carboxylic acids is 11. The summed E-state index contributed by atoms with van der Waals surface area (Å²) < 4.78 is 0. The first-order valence-electron chi connectivity index (χ1n) is 30.7. The number of rotatable bonds is 35. The molecule has 0 saturated heterocycles. The number of likely N-dealkylation sites (N-methyl/N-ethyl adjacent to an activating group) is 6. The molecule has 0 fully saturated rings. The SMILES string of the molecule is CC[C@H](NC(=O)C(C[C@H](C)CCCc1ccc(C(=O)O)cc1)N(C)C(=O)CC(C)C)C(=O)N(C)CC(=O)N(C)[C@@H](CC(C)C)C(=O)N[C@H](C(=O)N(C)[C@@H](CC(C)C)C(=O)NC(C)C(=O)N[C@H](C)C(=O)N(C)[C@@H](CC(C)C)C(=O)N(C)C(=O)NC)C(C)C. The number of carboxylic acid groups (broad SMARTS) is 1. The van der Waals surface area contributed by atoms with Gasteiger partial charge in [-0.3, -0.25) is 52.8 Å². The van der Waals surface area contributed by atoms with E-state index in [1.54, 1.807) is 52.1 Å². The van der Waals surface area contributed by atoms with E-state index in [0.717, 1.165) is 16.9 Å². The lowest BCUT2D eigenvalue weighted by molar-refractivity contribution is -0.147. The highest BCUT2D eigenvalue weighted by atomic mass is 16.4. The number of amides is 12. The number of hydrogen-bond acceptors (Lipinski definition) is 12. The van der Waals surface area contributed by atoms with Crippen molar-refractivity contribution >= 4 is 71.1 Å². The quantitative estimate of drug-likeness (QED) is 0.0545. The van der Waals surface area contributed by atoms with Crippen LogP contribution in [0.4, 0.5) is 4.79 Å². The Hall–Kier alpha value is -7.14. The van der Waals surface area contributed by atoms with Crippen LogP contribution in [0.3, 0.4) is 0 Å². The Balaban J connectivity index is 3.30. The fraction of sp³-hybridized carbons (Fsp3) is 0.714. The summed E-state index contributed by atoms with van der Waals surface area (Å²) in [7, 11) is 9.95. The zero-order valence-corrected chi connectivity index (χ0v) is 56.0. The predicted octanol–water partition coefficient (Wildman–Crippen LogP) is 4.53. The molecule has 492 valence electrons. The molecule has 0 bridgehead atoms. The van der Waals surface area contributed by atoms with Crippen molar-refractivity contribution in [3.63, 3.8) is 0 Å². The average Bonchev–Trinajstić information content (AvgIpc) is 2.45. The van der Waals surface area contributed by atoms with E-state index in [-0.39, 0.29) is 73.2 Å². The Labute approximate surface area is 517 Å². The highest BCUT2D eigenvalue weighted by Gasteiger charge is 2.40. The molecule has 2 unspecified atom stereocenters. The monoisotopic (exact) mass is 1230 g/mol. The first-order valence-corrected chi connectivity index (χ1v) is 30.7. The molecule has 12 amide bonds. The molecule has 6 N–H and O–H groups in total. The minimum atomic E-state index is -1.21. The molecule has 1 rings (SSSR count). The third-order valence-corrected chi connectivity index (χ3v) is 15.5. The van der Waals surface area contributed by atoms with Gasteiger partial charge in [0.1, 0.15) is 48.3 Å². The Bertz CT molecular complexity index is 2500. The molecule has 0 radical (unpaired) electrons. The Morgan fingerprint density at radius 1 is 0.494 bits per heavy atom. The second-order valence-corrected chi connectivity index (χ2v) is 25.5. The summed E-state index contributed by atoms with van der Waals surface area (Å²) in [6, 6.07) is -2.79. The molecule has 24 nitrogen and oxygen atoms in total. The van der Waals surface area contributed by atoms with Gasteiger partial charge in [-0.05, 0) is 112 Å². The summed E-state index contributed by atoms with van der Waals surface area (Å²) in [6.07, 6.45) is 3.36. The lowest BCUT2D eigenvalue weighted by atomic mass is 9.93. The van der Waals surface area contributed by atoms with Gasteiger partial charge in [0.05, 0.1) is 12.1 Å². The van der Waals surface area contributed by atoms with E-state index in [1.165, 1.54) is 80.6 Å². The van der Waals surface area contributed by atoms with Gasteiger partial charge in [0.2, 0.25) is 53.2 Å². The third kappa shape index (κ3) is 24.9. The first-order chi connectivity index (χ1) is 40.3. The second-order valence-electron chi connectivity index (χ2n) is 25.5. The molecule has 0 aliphatic rings. The molecule has 0 saturated carbocycles. The van der Waals surface area contributed by atoms with Gasteiger partial charge >= 0.3 is 12.0 Å². The summed E-state index contributed by atoms with van der Waals surface area (Å²) in [4.78, 5) is 170. The Kier molecular flexibility index (Phi) is 33.0. The molecule has 87 heavy (non-hydrogen) atoms. The summed E-state index contributed by atoms with van der Waals surface area (Å²) in [5.74, 6) is -7.65. The number of benzene rings is 1. The Morgan fingerprint density at radius 2 is 0.954 bits per heavy atom. The van der Waals surface area contributed by atoms with Gasteiger partial charge in [-0.1, -0.05) is 102 Å². The van der Waals surface area contributed by atoms with Gasteiger partial charge in [0.25, 0.3) is 5.91 Å². The van der Waals surface area contributed by atoms with Gasteiger partial charge < -0.3 is 56.2 Å². The van der Waals surface area contributed by atoms with Crippen LogP contribution in [0.25, 0.3) is 0 Å². The number of urea groups is 1. The van der Waals surface area contributed by atoms with Crippen molar-refractivity contribution in [3.8, 4) is 0 Å². The van der Waals surface area contributed by atoms with E-state index < -0.39 is 126 Å². The largest absolute Gasteiger partial charge is 0.478 e. The van der Waals surface area contributed by atoms with Crippen LogP contribution < -0.4 is 26.6 Å². The van der Waals surface area contributed by atoms with Gasteiger partial charge in [-0.25, -0.2) is 9.59 Å². The van der Waals surface area contributed by atoms with E-state index in [1.807, 2.05) is 62.3 Å². The van der Waals surface area contributed by atoms with Crippen LogP contribution in [-0.2, 0) is 54.4 Å². The standard InChI is InChI=1S/C63H107N11O13/c1-22-46(67-56(79)49(70(17)51(75)33-39(8)9)34-41(12)24-23-25-44-26-28-45(29-27-44)62(85)86)59(82)69(16)35-52(76)71(18)47(30-36(2)3)57(80)68-53(40(10)11)61(84)72(19)48(31-37(4)5)55(78)65-42(13)54(77)66-43(14)58(81)73(20)50(32-38(6)7)60(83)74(21)63(87)64-15/h26-29,36-43,46-50,53H,22-25,30-35H2,1-21H3,(H,64,87)(H,65,78)(H,66,77)(H,67,79)(H,68,80)(H,85,86)/t41-,42?,43-,46+,47+,48+,49?,50+,53+/m1/s1. The van der Waals surface area contributed by atoms with Crippen LogP contribution in [0.1, 0.15) is 164 Å². The maximum Gasteiger partial charge on any atom is 0.335 e. The zero-order chi connectivity index (χ0) is 67.1. The Morgan fingerprint density at radius 3 is 1.44 bits per heavy atom. The van der Waals surface area contributed by atoms with Crippen LogP contribution in [0.2, 0.25) is 0 Å². The molecule has 0 heterocycles. The normalized spacial score (nSPS) is 14.5. The maximum atomic E-state index is 14.6. The second kappa shape index (κ2) is 36.9. The summed E-state index contributed by atoms with van der Waals surface area (Å²) in [6.45, 7) is 24.5. The van der Waals surface area contributed by atoms with E-state index in [2.05, 4.69) is 26.6 Å². The number of imide groups is 1. The number of carbonyl (C=O) groups is 12. The number of aryl methyl sites for hydroxylation is 1. The van der Waals surface area contributed by atoms with Gasteiger partial charge in [0.15, 0.2) is 0 Å². The highest BCUT2D eigenvalue weighted by molar-refractivity contribution is 6.00. The van der Waals surface area contributed by atoms with Crippen molar-refractivity contribution in [2.24, 2.45) is 35.5 Å². The molecule has 0 spiro atoms. The average molecular weight is 1230 g/mol. The third-order valence-electron chi connectivity index (χ3n) is 15.5. The zero-order valence-electron chi connectivity index (χ0n) is 56.0. The molecular weight excluding hydrogens is 1120 g/mol. The molecule has 1 aromatic carbocycles. The molecule has 1 aromatic rings. The van der Waals surface area contributed by atoms with Crippen molar-refractivity contribution in [1.29, 1.82) is 0 Å². The van der Waals surface area contributed by atoms with Crippen LogP contribution in [0, 0.1) is 35.5 Å². The van der Waals surface area contributed by atoms with E-state index in [4.69, 9.17) is 0 Å². The number of hydrogen-bond donors (Lipinski definition) is 6. The molecule has 0 aliphatic heterocycles. The van der Waals surface area contributed by atoms with Crippen molar-refractivity contribution in [1.82, 2.24) is 56.0 Å². The van der Waals surface area contributed by atoms with Crippen LogP contribution in [0.5, 0.6) is 0 Å². The summed E-state index contributed by atoms with van der Waals surface area (Å²) in [5.41, 5.74) is 1.17. The van der Waals surface area contributed by atoms with Crippen LogP contribution in [0.15, 0.2) is 24.3 Å². The van der Waals surface area contributed by atoms with Gasteiger partial charge in [-0.2, -0.15) is 0 Å². The number of nitrogens with zero attached hydrogens (tertiary/aromatic N) is 6. The molecule has 0 aromatic heterocycles. The van der Waals surface area contributed by atoms with Crippen molar-refractivity contribution < 1.29 is 62.6 Å². The van der Waals surface area contributed by atoms with Crippen LogP contribution >= 0.6 is 0 Å². The lowest BCUT2D eigenvalue weighted by Crippen LogP contribution is -2.60. The predicted molar refractivity (Wildman–Crippen MR) is 333 cm³/mol. The van der Waals surface area contributed by atoms with E-state index in [0.29, 0.717) is 19.3 Å². The number of aromatic carboxylic acids is 1. The van der Waals surface area contributed by atoms with E-state index >= 15 is 0 Å². The molecule has 24 heteroatoms. The molecular formula is C63H107N11O13. The summed E-state index contributed by atoms with van der Waals surface area (Å²) >= 11 is 0. The topological polar surface area (TPSA) is 305 Å². The minimum Gasteiger partial charge on any atom is -0.478 e. The number of carboxylic acids is 1. The minimum absolute atomic E-state index is 0.0246. The molecule has 9 atom stereocenters. The first kappa shape index (κ1) is 77.9. The maximum absolute atomic E-state index is 14.6. The highest BCUT2D eigenvalue weighted by Crippen LogP contribution is 2.22. The fourth-order valence-corrected chi connectivity index (χ4v) is 10.0.